The molecule has 4 heterocycles. The van der Waals surface area contributed by atoms with E-state index in [9.17, 15) is 70.9 Å². The van der Waals surface area contributed by atoms with E-state index in [1.54, 1.807) is 0 Å². The summed E-state index contributed by atoms with van der Waals surface area (Å²) in [4.78, 5) is 23.3. The fourth-order valence-corrected chi connectivity index (χ4v) is 6.46. The van der Waals surface area contributed by atoms with Crippen molar-refractivity contribution in [3.8, 4) is 0 Å². The van der Waals surface area contributed by atoms with E-state index in [4.69, 9.17) is 37.9 Å². The monoisotopic (exact) mass is 748 g/mol. The molecule has 0 radical (unpaired) electrons. The Kier molecular flexibility index (Phi) is 14.8. The van der Waals surface area contributed by atoms with Crippen LogP contribution < -0.4 is 0 Å². The van der Waals surface area contributed by atoms with Crippen LogP contribution in [0.25, 0.3) is 0 Å². The summed E-state index contributed by atoms with van der Waals surface area (Å²) < 4.78 is 44.6. The molecule has 296 valence electrons. The van der Waals surface area contributed by atoms with Crippen LogP contribution in [0.3, 0.4) is 0 Å². The van der Waals surface area contributed by atoms with Crippen molar-refractivity contribution < 1.29 is 109 Å². The van der Waals surface area contributed by atoms with Crippen LogP contribution in [0.4, 0.5) is 0 Å². The van der Waals surface area contributed by atoms with Crippen molar-refractivity contribution in [1.82, 2.24) is 0 Å². The van der Waals surface area contributed by atoms with Gasteiger partial charge in [0.1, 0.15) is 61.0 Å². The fourth-order valence-electron chi connectivity index (χ4n) is 6.46. The number of ether oxygens (including phenoxy) is 8. The van der Waals surface area contributed by atoms with Gasteiger partial charge in [0.2, 0.25) is 0 Å². The van der Waals surface area contributed by atoms with Gasteiger partial charge in [-0.2, -0.15) is 0 Å². The lowest BCUT2D eigenvalue weighted by Gasteiger charge is -2.47. The Balaban J connectivity index is 1.50. The molecule has 0 spiro atoms. The second-order valence-corrected chi connectivity index (χ2v) is 12.8. The zero-order chi connectivity index (χ0) is 37.8. The maximum absolute atomic E-state index is 11.7. The number of aliphatic hydroxyl groups is 11. The summed E-state index contributed by atoms with van der Waals surface area (Å²) in [7, 11) is 0. The van der Waals surface area contributed by atoms with Gasteiger partial charge < -0.3 is 99.2 Å². The second kappa shape index (κ2) is 18.0. The lowest BCUT2D eigenvalue weighted by Crippen LogP contribution is -2.64. The Bertz CT molecular complexity index is 1130. The summed E-state index contributed by atoms with van der Waals surface area (Å²) in [5.41, 5.74) is 0. The van der Waals surface area contributed by atoms with Crippen LogP contribution >= 0.6 is 0 Å². The maximum atomic E-state index is 11.7. The molecular formula is C29H48O22. The number of rotatable bonds is 13. The van der Waals surface area contributed by atoms with Crippen LogP contribution in [-0.4, -0.2) is 210 Å². The Morgan fingerprint density at radius 1 is 0.667 bits per heavy atom. The van der Waals surface area contributed by atoms with Crippen molar-refractivity contribution in [1.29, 1.82) is 0 Å². The van der Waals surface area contributed by atoms with Crippen LogP contribution in [0.5, 0.6) is 0 Å². The summed E-state index contributed by atoms with van der Waals surface area (Å²) in [5, 5.41) is 124. The van der Waals surface area contributed by atoms with E-state index in [1.807, 2.05) is 0 Å². The van der Waals surface area contributed by atoms with E-state index < -0.39 is 155 Å². The first kappa shape index (κ1) is 42.0. The zero-order valence-electron chi connectivity index (χ0n) is 27.4. The van der Waals surface area contributed by atoms with Crippen LogP contribution in [-0.2, 0) is 47.5 Å². The van der Waals surface area contributed by atoms with Crippen molar-refractivity contribution in [2.75, 3.05) is 26.4 Å². The van der Waals surface area contributed by atoms with E-state index in [0.29, 0.717) is 0 Å². The molecule has 0 aliphatic carbocycles. The third-order valence-corrected chi connectivity index (χ3v) is 9.12. The highest BCUT2D eigenvalue weighted by Crippen LogP contribution is 2.36. The zero-order valence-corrected chi connectivity index (χ0v) is 27.4. The number of carboxylic acid groups (broad SMARTS) is 1. The molecule has 4 fully saturated rings. The lowest BCUT2D eigenvalue weighted by molar-refractivity contribution is -0.366. The molecule has 0 bridgehead atoms. The minimum atomic E-state index is -2.82. The highest BCUT2D eigenvalue weighted by molar-refractivity contribution is 5.75. The van der Waals surface area contributed by atoms with Gasteiger partial charge in [0.15, 0.2) is 25.0 Å². The normalized spacial score (nSPS) is 46.6. The summed E-state index contributed by atoms with van der Waals surface area (Å²) in [6.45, 7) is -2.02. The third kappa shape index (κ3) is 9.48. The highest BCUT2D eigenvalue weighted by atomic mass is 16.8. The number of hydrogen-bond acceptors (Lipinski definition) is 21. The van der Waals surface area contributed by atoms with Gasteiger partial charge in [-0.3, -0.25) is 4.79 Å². The smallest absolute Gasteiger partial charge is 0.364 e. The highest BCUT2D eigenvalue weighted by Gasteiger charge is 2.55. The van der Waals surface area contributed by atoms with Gasteiger partial charge in [0.25, 0.3) is 5.79 Å². The van der Waals surface area contributed by atoms with Crippen LogP contribution in [0.2, 0.25) is 0 Å². The van der Waals surface area contributed by atoms with Crippen molar-refractivity contribution in [2.45, 2.75) is 143 Å². The Morgan fingerprint density at radius 3 is 1.84 bits per heavy atom. The number of hydrogen-bond donors (Lipinski definition) is 12. The van der Waals surface area contributed by atoms with Gasteiger partial charge in [-0.1, -0.05) is 0 Å². The Hall–Kier alpha value is -1.78. The molecule has 12 N–H and O–H groups in total. The predicted octanol–water partition coefficient (Wildman–Crippen LogP) is -6.88. The minimum Gasteiger partial charge on any atom is -0.477 e. The first-order chi connectivity index (χ1) is 24.1. The molecule has 0 saturated carbocycles. The molecule has 18 atom stereocenters. The van der Waals surface area contributed by atoms with Gasteiger partial charge >= 0.3 is 11.9 Å². The van der Waals surface area contributed by atoms with Crippen molar-refractivity contribution in [2.24, 2.45) is 0 Å². The Labute approximate surface area is 290 Å². The summed E-state index contributed by atoms with van der Waals surface area (Å²) >= 11 is 0. The Morgan fingerprint density at radius 2 is 1.25 bits per heavy atom. The van der Waals surface area contributed by atoms with Crippen molar-refractivity contribution in [3.63, 3.8) is 0 Å². The van der Waals surface area contributed by atoms with E-state index in [0.717, 1.165) is 6.92 Å². The fraction of sp³-hybridized carbons (Fsp3) is 0.931. The van der Waals surface area contributed by atoms with Gasteiger partial charge in [-0.15, -0.1) is 0 Å². The number of esters is 1. The summed E-state index contributed by atoms with van der Waals surface area (Å²) in [6.07, 6.45) is -28.8. The first-order valence-corrected chi connectivity index (χ1v) is 16.3. The second-order valence-electron chi connectivity index (χ2n) is 12.8. The quantitative estimate of drug-likeness (QED) is 0.0779. The SMILES string of the molecule is CC(=O)OC1C(O)[C@@H](O)C(CO)O[C@H]1O[C@@H]1C(O)CC[C@@H](OC2C(O)[C@H](O[C@@H]3C(O)C[C@](O)(C(=O)O)OC3CCO)OC(CO)[C@@H]2O)OC1CO. The van der Waals surface area contributed by atoms with Gasteiger partial charge in [0.05, 0.1) is 38.1 Å². The molecule has 4 aliphatic heterocycles. The molecule has 10 unspecified atom stereocenters. The molecule has 4 saturated heterocycles. The van der Waals surface area contributed by atoms with Gasteiger partial charge in [-0.05, 0) is 12.8 Å². The van der Waals surface area contributed by atoms with Gasteiger partial charge in [-0.25, -0.2) is 4.79 Å². The minimum absolute atomic E-state index is 0.162. The molecule has 4 rings (SSSR count). The maximum Gasteiger partial charge on any atom is 0.364 e. The third-order valence-electron chi connectivity index (χ3n) is 9.12. The number of aliphatic hydroxyl groups excluding tert-OH is 10. The molecule has 0 aromatic rings. The largest absolute Gasteiger partial charge is 0.477 e. The molecular weight excluding hydrogens is 700 g/mol. The van der Waals surface area contributed by atoms with E-state index >= 15 is 0 Å². The lowest BCUT2D eigenvalue weighted by atomic mass is 9.93. The average Bonchev–Trinajstić information content (AvgIpc) is 3.22. The number of aliphatic carboxylic acids is 1. The topological polar surface area (TPSA) is 351 Å². The predicted molar refractivity (Wildman–Crippen MR) is 156 cm³/mol. The van der Waals surface area contributed by atoms with E-state index in [2.05, 4.69) is 0 Å². The van der Waals surface area contributed by atoms with E-state index in [1.165, 1.54) is 0 Å². The summed E-state index contributed by atoms with van der Waals surface area (Å²) in [5.74, 6) is -5.51. The molecule has 51 heavy (non-hydrogen) atoms. The number of carbonyl (C=O) groups is 2. The number of carbonyl (C=O) groups excluding carboxylic acids is 1. The molecule has 0 amide bonds. The molecule has 0 aromatic heterocycles. The standard InChI is InChI=1S/C29H48O22/c1-10(34)44-25-20(39)18(37)14(7-31)47-27(25)50-22-11(35)2-3-17(45-16(22)9-33)48-24-19(38)15(8-32)46-26(21(24)40)49-23-12(36)6-29(43,28(41)42)51-13(23)4-5-30/h11-27,30-33,35-40,43H,2-9H2,1H3,(H,41,42)/t11?,12?,13?,14?,15?,16?,17-,18+,19+,20?,21?,22-,23-,24?,25?,26+,27+,29-/m1/s1. The van der Waals surface area contributed by atoms with Crippen LogP contribution in [0.15, 0.2) is 0 Å². The first-order valence-electron chi connectivity index (χ1n) is 16.3. The summed E-state index contributed by atoms with van der Waals surface area (Å²) in [6, 6.07) is 0. The van der Waals surface area contributed by atoms with E-state index in [-0.39, 0.29) is 19.3 Å². The van der Waals surface area contributed by atoms with Crippen molar-refractivity contribution in [3.05, 3.63) is 0 Å². The van der Waals surface area contributed by atoms with Crippen LogP contribution in [0, 0.1) is 0 Å². The van der Waals surface area contributed by atoms with Crippen LogP contribution in [0.1, 0.15) is 32.6 Å². The number of carboxylic acids is 1. The average molecular weight is 749 g/mol. The molecule has 4 aliphatic rings. The van der Waals surface area contributed by atoms with Gasteiger partial charge in [0, 0.05) is 26.4 Å². The molecule has 22 heteroatoms. The molecule has 22 nitrogen and oxygen atoms in total. The molecule has 0 aromatic carbocycles. The van der Waals surface area contributed by atoms with Crippen molar-refractivity contribution >= 4 is 11.9 Å².